The van der Waals surface area contributed by atoms with Crippen LogP contribution in [0.1, 0.15) is 43.0 Å². The van der Waals surface area contributed by atoms with Gasteiger partial charge in [-0.2, -0.15) is 0 Å². The summed E-state index contributed by atoms with van der Waals surface area (Å²) in [4.78, 5) is 30.2. The predicted molar refractivity (Wildman–Crippen MR) is 187 cm³/mol. The van der Waals surface area contributed by atoms with E-state index < -0.39 is 28.5 Å². The summed E-state index contributed by atoms with van der Waals surface area (Å²) in [6.45, 7) is 9.97. The van der Waals surface area contributed by atoms with Crippen molar-refractivity contribution in [3.63, 3.8) is 0 Å². The van der Waals surface area contributed by atoms with Gasteiger partial charge in [0.15, 0.2) is 0 Å². The summed E-state index contributed by atoms with van der Waals surface area (Å²) in [6, 6.07) is 29.6. The van der Waals surface area contributed by atoms with Gasteiger partial charge in [-0.3, -0.25) is 13.9 Å². The highest BCUT2D eigenvalue weighted by Crippen LogP contribution is 2.33. The van der Waals surface area contributed by atoms with Crippen LogP contribution in [0.3, 0.4) is 0 Å². The number of hydrogen-bond donors (Lipinski definition) is 1. The molecule has 0 aromatic heterocycles. The van der Waals surface area contributed by atoms with Gasteiger partial charge in [0.05, 0.1) is 17.2 Å². The Morgan fingerprint density at radius 1 is 0.830 bits per heavy atom. The lowest BCUT2D eigenvalue weighted by Gasteiger charge is -2.34. The Morgan fingerprint density at radius 2 is 1.47 bits per heavy atom. The Labute approximate surface area is 279 Å². The Morgan fingerprint density at radius 3 is 2.13 bits per heavy atom. The van der Waals surface area contributed by atoms with Gasteiger partial charge >= 0.3 is 0 Å². The Balaban J connectivity index is 1.84. The second-order valence-corrected chi connectivity index (χ2v) is 13.9. The van der Waals surface area contributed by atoms with E-state index >= 15 is 0 Å². The van der Waals surface area contributed by atoms with Gasteiger partial charge in [0.1, 0.15) is 18.3 Å². The normalized spacial score (nSPS) is 12.0. The molecule has 0 saturated carbocycles. The molecule has 0 spiro atoms. The van der Waals surface area contributed by atoms with E-state index in [1.807, 2.05) is 89.2 Å². The molecule has 0 aliphatic carbocycles. The number of nitrogens with one attached hydrogen (secondary N) is 1. The number of amides is 2. The van der Waals surface area contributed by atoms with Crippen molar-refractivity contribution in [3.05, 3.63) is 125 Å². The largest absolute Gasteiger partial charge is 0.492 e. The molecule has 4 aromatic carbocycles. The lowest BCUT2D eigenvalue weighted by molar-refractivity contribution is -0.140. The summed E-state index contributed by atoms with van der Waals surface area (Å²) in [5.41, 5.74) is 3.84. The summed E-state index contributed by atoms with van der Waals surface area (Å²) in [5.74, 6) is -0.287. The minimum atomic E-state index is -4.24. The SMILES string of the molecule is CCOc1ccccc1N(CC(=O)N(Cc1ccccc1C)[C@@H](Cc1ccccc1)C(=O)NCC(C)C)S(=O)(=O)c1ccc(C)cc1. The highest BCUT2D eigenvalue weighted by atomic mass is 32.2. The van der Waals surface area contributed by atoms with Crippen LogP contribution in [-0.4, -0.2) is 50.9 Å². The van der Waals surface area contributed by atoms with Crippen LogP contribution in [0.5, 0.6) is 5.75 Å². The van der Waals surface area contributed by atoms with Crippen molar-refractivity contribution < 1.29 is 22.7 Å². The molecule has 47 heavy (non-hydrogen) atoms. The Bertz CT molecular complexity index is 1740. The van der Waals surface area contributed by atoms with Crippen LogP contribution in [0, 0.1) is 19.8 Å². The van der Waals surface area contributed by atoms with Crippen molar-refractivity contribution in [1.82, 2.24) is 10.2 Å². The van der Waals surface area contributed by atoms with Crippen LogP contribution in [0.4, 0.5) is 5.69 Å². The van der Waals surface area contributed by atoms with Crippen molar-refractivity contribution in [3.8, 4) is 5.75 Å². The number of benzene rings is 4. The maximum Gasteiger partial charge on any atom is 0.264 e. The van der Waals surface area contributed by atoms with Crippen LogP contribution in [-0.2, 0) is 32.6 Å². The number of hydrogen-bond acceptors (Lipinski definition) is 5. The van der Waals surface area contributed by atoms with Crippen molar-refractivity contribution in [2.45, 2.75) is 58.5 Å². The fraction of sp³-hybridized carbons (Fsp3) is 0.316. The predicted octanol–water partition coefficient (Wildman–Crippen LogP) is 6.31. The third kappa shape index (κ3) is 9.23. The molecule has 0 radical (unpaired) electrons. The number of para-hydroxylation sites is 2. The summed E-state index contributed by atoms with van der Waals surface area (Å²) in [6.07, 6.45) is 0.253. The molecule has 4 aromatic rings. The van der Waals surface area contributed by atoms with Crippen molar-refractivity contribution in [1.29, 1.82) is 0 Å². The summed E-state index contributed by atoms with van der Waals surface area (Å²) < 4.78 is 35.7. The number of rotatable bonds is 15. The molecule has 0 fully saturated rings. The molecular formula is C38H45N3O5S. The second-order valence-electron chi connectivity index (χ2n) is 12.0. The summed E-state index contributed by atoms with van der Waals surface area (Å²) in [5, 5.41) is 3.03. The lowest BCUT2D eigenvalue weighted by atomic mass is 10.0. The number of aryl methyl sites for hydroxylation is 2. The van der Waals surface area contributed by atoms with E-state index in [4.69, 9.17) is 4.74 Å². The van der Waals surface area contributed by atoms with Gasteiger partial charge in [0, 0.05) is 19.5 Å². The standard InChI is InChI=1S/C38H45N3O5S/c1-6-46-36-19-13-12-18-34(36)41(47(44,45)33-22-20-29(4)21-23-33)27-37(42)40(26-32-17-11-10-14-30(32)5)35(38(43)39-25-28(2)3)24-31-15-8-7-9-16-31/h7-23,28,35H,6,24-27H2,1-5H3,(H,39,43)/t35-/m0/s1. The summed E-state index contributed by atoms with van der Waals surface area (Å²) >= 11 is 0. The molecule has 9 heteroatoms. The zero-order chi connectivity index (χ0) is 34.0. The molecule has 0 heterocycles. The quantitative estimate of drug-likeness (QED) is 0.162. The maximum atomic E-state index is 14.7. The molecule has 248 valence electrons. The zero-order valence-electron chi connectivity index (χ0n) is 27.8. The van der Waals surface area contributed by atoms with E-state index in [0.717, 1.165) is 26.6 Å². The molecule has 0 unspecified atom stereocenters. The minimum absolute atomic E-state index is 0.0446. The topological polar surface area (TPSA) is 96.0 Å². The number of carbonyl (C=O) groups is 2. The molecular weight excluding hydrogens is 611 g/mol. The van der Waals surface area contributed by atoms with Crippen LogP contribution in [0.25, 0.3) is 0 Å². The third-order valence-corrected chi connectivity index (χ3v) is 9.65. The first-order valence-electron chi connectivity index (χ1n) is 16.0. The molecule has 1 atom stereocenters. The fourth-order valence-corrected chi connectivity index (χ4v) is 6.66. The highest BCUT2D eigenvalue weighted by molar-refractivity contribution is 7.92. The first kappa shape index (κ1) is 35.2. The monoisotopic (exact) mass is 655 g/mol. The van der Waals surface area contributed by atoms with Crippen LogP contribution >= 0.6 is 0 Å². The van der Waals surface area contributed by atoms with E-state index in [9.17, 15) is 18.0 Å². The zero-order valence-corrected chi connectivity index (χ0v) is 28.7. The second kappa shape index (κ2) is 16.3. The first-order chi connectivity index (χ1) is 22.5. The maximum absolute atomic E-state index is 14.7. The minimum Gasteiger partial charge on any atom is -0.492 e. The number of ether oxygens (including phenoxy) is 1. The van der Waals surface area contributed by atoms with Crippen molar-refractivity contribution >= 4 is 27.5 Å². The van der Waals surface area contributed by atoms with Gasteiger partial charge in [-0.25, -0.2) is 8.42 Å². The number of nitrogens with zero attached hydrogens (tertiary/aromatic N) is 2. The molecule has 8 nitrogen and oxygen atoms in total. The van der Waals surface area contributed by atoms with Gasteiger partial charge in [0.2, 0.25) is 11.8 Å². The van der Waals surface area contributed by atoms with Gasteiger partial charge < -0.3 is 15.0 Å². The van der Waals surface area contributed by atoms with Gasteiger partial charge in [-0.05, 0) is 67.6 Å². The van der Waals surface area contributed by atoms with Crippen molar-refractivity contribution in [2.24, 2.45) is 5.92 Å². The van der Waals surface area contributed by atoms with E-state index in [2.05, 4.69) is 5.32 Å². The fourth-order valence-electron chi connectivity index (χ4n) is 5.24. The molecule has 0 aliphatic rings. The number of anilines is 1. The molecule has 2 amide bonds. The van der Waals surface area contributed by atoms with Crippen LogP contribution < -0.4 is 14.4 Å². The number of carbonyl (C=O) groups excluding carboxylic acids is 2. The van der Waals surface area contributed by atoms with Gasteiger partial charge in [-0.15, -0.1) is 0 Å². The molecule has 0 saturated heterocycles. The Kier molecular flexibility index (Phi) is 12.2. The number of sulfonamides is 1. The Hall–Kier alpha value is -4.63. The van der Waals surface area contributed by atoms with Crippen LogP contribution in [0.2, 0.25) is 0 Å². The van der Waals surface area contributed by atoms with Gasteiger partial charge in [0.25, 0.3) is 10.0 Å². The highest BCUT2D eigenvalue weighted by Gasteiger charge is 2.35. The summed E-state index contributed by atoms with van der Waals surface area (Å²) in [7, 11) is -4.24. The smallest absolute Gasteiger partial charge is 0.264 e. The average molecular weight is 656 g/mol. The van der Waals surface area contributed by atoms with E-state index in [1.165, 1.54) is 17.0 Å². The molecule has 4 rings (SSSR count). The third-order valence-electron chi connectivity index (χ3n) is 7.88. The van der Waals surface area contributed by atoms with E-state index in [1.54, 1.807) is 36.4 Å². The van der Waals surface area contributed by atoms with E-state index in [-0.39, 0.29) is 35.4 Å². The van der Waals surface area contributed by atoms with E-state index in [0.29, 0.717) is 18.9 Å². The first-order valence-corrected chi connectivity index (χ1v) is 17.4. The average Bonchev–Trinajstić information content (AvgIpc) is 3.06. The van der Waals surface area contributed by atoms with Gasteiger partial charge in [-0.1, -0.05) is 98.3 Å². The van der Waals surface area contributed by atoms with Crippen LogP contribution in [0.15, 0.2) is 108 Å². The lowest BCUT2D eigenvalue weighted by Crippen LogP contribution is -2.53. The van der Waals surface area contributed by atoms with Crippen molar-refractivity contribution in [2.75, 3.05) is 24.0 Å². The molecule has 0 bridgehead atoms. The molecule has 0 aliphatic heterocycles. The molecule has 1 N–H and O–H groups in total.